The van der Waals surface area contributed by atoms with Crippen LogP contribution < -0.4 is 5.73 Å². The molecule has 0 aliphatic carbocycles. The van der Waals surface area contributed by atoms with Crippen LogP contribution in [0.25, 0.3) is 0 Å². The predicted molar refractivity (Wildman–Crippen MR) is 59.6 cm³/mol. The number of hydrogen-bond donors (Lipinski definition) is 2. The van der Waals surface area contributed by atoms with E-state index in [0.717, 1.165) is 12.1 Å². The van der Waals surface area contributed by atoms with Crippen molar-refractivity contribution in [1.82, 2.24) is 4.98 Å². The van der Waals surface area contributed by atoms with Gasteiger partial charge in [-0.15, -0.1) is 12.4 Å². The van der Waals surface area contributed by atoms with E-state index < -0.39 is 0 Å². The summed E-state index contributed by atoms with van der Waals surface area (Å²) in [4.78, 5) is 4.20. The third kappa shape index (κ3) is 4.56. The monoisotopic (exact) mass is 216 g/mol. The Balaban J connectivity index is 0.00000169. The van der Waals surface area contributed by atoms with Crippen molar-refractivity contribution in [2.75, 3.05) is 6.61 Å². The molecule has 4 heteroatoms. The maximum absolute atomic E-state index is 8.67. The zero-order chi connectivity index (χ0) is 9.68. The fraction of sp³-hybridized carbons (Fsp3) is 0.500. The van der Waals surface area contributed by atoms with Gasteiger partial charge in [0.25, 0.3) is 0 Å². The van der Waals surface area contributed by atoms with E-state index in [9.17, 15) is 0 Å². The number of pyridine rings is 1. The van der Waals surface area contributed by atoms with Crippen LogP contribution in [0, 0.1) is 6.92 Å². The van der Waals surface area contributed by atoms with Crippen LogP contribution in [-0.4, -0.2) is 22.7 Å². The van der Waals surface area contributed by atoms with Gasteiger partial charge in [-0.2, -0.15) is 0 Å². The lowest BCUT2D eigenvalue weighted by molar-refractivity contribution is 0.275. The third-order valence-electron chi connectivity index (χ3n) is 1.94. The van der Waals surface area contributed by atoms with Crippen molar-refractivity contribution in [3.63, 3.8) is 0 Å². The molecule has 1 rings (SSSR count). The van der Waals surface area contributed by atoms with Gasteiger partial charge in [-0.3, -0.25) is 4.98 Å². The molecule has 1 heterocycles. The fourth-order valence-electron chi connectivity index (χ4n) is 1.25. The Hall–Kier alpha value is -0.640. The van der Waals surface area contributed by atoms with Gasteiger partial charge in [0.2, 0.25) is 0 Å². The predicted octanol–water partition coefficient (Wildman–Crippen LogP) is 1.06. The first-order valence-electron chi connectivity index (χ1n) is 4.50. The molecule has 1 aromatic rings. The quantitative estimate of drug-likeness (QED) is 0.792. The highest BCUT2D eigenvalue weighted by molar-refractivity contribution is 5.85. The van der Waals surface area contributed by atoms with Crippen molar-refractivity contribution in [2.24, 2.45) is 5.73 Å². The second-order valence-electron chi connectivity index (χ2n) is 3.30. The van der Waals surface area contributed by atoms with Crippen LogP contribution in [0.1, 0.15) is 17.7 Å². The van der Waals surface area contributed by atoms with E-state index in [1.807, 2.05) is 19.1 Å². The topological polar surface area (TPSA) is 59.1 Å². The lowest BCUT2D eigenvalue weighted by atomic mass is 10.1. The largest absolute Gasteiger partial charge is 0.396 e. The summed E-state index contributed by atoms with van der Waals surface area (Å²) in [5.74, 6) is 0. The van der Waals surface area contributed by atoms with Crippen LogP contribution >= 0.6 is 12.4 Å². The van der Waals surface area contributed by atoms with Crippen molar-refractivity contribution in [2.45, 2.75) is 25.8 Å². The standard InChI is InChI=1S/C10H16N2O.ClH/c1-8-2-4-12-10(6-8)7-9(11)3-5-13;/h2,4,6,9,13H,3,5,7,11H2,1H3;1H/t9-;/m1./s1. The van der Waals surface area contributed by atoms with Gasteiger partial charge < -0.3 is 10.8 Å². The number of aryl methyl sites for hydroxylation is 1. The Labute approximate surface area is 90.8 Å². The molecule has 0 spiro atoms. The van der Waals surface area contributed by atoms with Crippen molar-refractivity contribution in [1.29, 1.82) is 0 Å². The number of aromatic nitrogens is 1. The molecule has 0 bridgehead atoms. The summed E-state index contributed by atoms with van der Waals surface area (Å²) >= 11 is 0. The Bertz CT molecular complexity index is 268. The van der Waals surface area contributed by atoms with Gasteiger partial charge in [-0.05, 0) is 31.0 Å². The minimum absolute atomic E-state index is 0. The molecular weight excluding hydrogens is 200 g/mol. The van der Waals surface area contributed by atoms with Crippen LogP contribution in [0.3, 0.4) is 0 Å². The number of aliphatic hydroxyl groups is 1. The summed E-state index contributed by atoms with van der Waals surface area (Å²) in [7, 11) is 0. The van der Waals surface area contributed by atoms with E-state index in [2.05, 4.69) is 4.98 Å². The molecule has 1 aromatic heterocycles. The summed E-state index contributed by atoms with van der Waals surface area (Å²) in [5, 5.41) is 8.67. The number of rotatable bonds is 4. The number of nitrogens with zero attached hydrogens (tertiary/aromatic N) is 1. The number of aliphatic hydroxyl groups excluding tert-OH is 1. The van der Waals surface area contributed by atoms with E-state index in [1.54, 1.807) is 6.20 Å². The Morgan fingerprint density at radius 3 is 2.86 bits per heavy atom. The van der Waals surface area contributed by atoms with Crippen molar-refractivity contribution in [3.05, 3.63) is 29.6 Å². The number of nitrogens with two attached hydrogens (primary N) is 1. The summed E-state index contributed by atoms with van der Waals surface area (Å²) in [5.41, 5.74) is 7.96. The minimum Gasteiger partial charge on any atom is -0.396 e. The molecule has 0 amide bonds. The average molecular weight is 217 g/mol. The smallest absolute Gasteiger partial charge is 0.0445 e. The zero-order valence-corrected chi connectivity index (χ0v) is 9.13. The normalized spacial score (nSPS) is 11.9. The van der Waals surface area contributed by atoms with Crippen LogP contribution in [0.15, 0.2) is 18.3 Å². The van der Waals surface area contributed by atoms with Crippen LogP contribution in [0.2, 0.25) is 0 Å². The lowest BCUT2D eigenvalue weighted by Crippen LogP contribution is -2.24. The maximum atomic E-state index is 8.67. The van der Waals surface area contributed by atoms with Gasteiger partial charge in [0, 0.05) is 31.0 Å². The molecule has 0 aromatic carbocycles. The molecule has 14 heavy (non-hydrogen) atoms. The van der Waals surface area contributed by atoms with E-state index in [0.29, 0.717) is 6.42 Å². The molecule has 0 fully saturated rings. The Kier molecular flexibility index (Phi) is 6.45. The van der Waals surface area contributed by atoms with Gasteiger partial charge in [-0.1, -0.05) is 0 Å². The summed E-state index contributed by atoms with van der Waals surface area (Å²) in [6.45, 7) is 2.18. The first kappa shape index (κ1) is 13.4. The first-order valence-corrected chi connectivity index (χ1v) is 4.50. The maximum Gasteiger partial charge on any atom is 0.0445 e. The average Bonchev–Trinajstić information content (AvgIpc) is 2.04. The Morgan fingerprint density at radius 1 is 1.57 bits per heavy atom. The highest BCUT2D eigenvalue weighted by Crippen LogP contribution is 2.03. The van der Waals surface area contributed by atoms with Crippen molar-refractivity contribution in [3.8, 4) is 0 Å². The van der Waals surface area contributed by atoms with Crippen LogP contribution in [0.5, 0.6) is 0 Å². The fourth-order valence-corrected chi connectivity index (χ4v) is 1.25. The molecule has 0 aliphatic heterocycles. The van der Waals surface area contributed by atoms with Gasteiger partial charge >= 0.3 is 0 Å². The summed E-state index contributed by atoms with van der Waals surface area (Å²) in [6, 6.07) is 4.00. The molecule has 3 N–H and O–H groups in total. The molecule has 0 saturated carbocycles. The Morgan fingerprint density at radius 2 is 2.29 bits per heavy atom. The second-order valence-corrected chi connectivity index (χ2v) is 3.30. The van der Waals surface area contributed by atoms with Crippen molar-refractivity contribution >= 4 is 12.4 Å². The molecule has 1 atom stereocenters. The lowest BCUT2D eigenvalue weighted by Gasteiger charge is -2.08. The molecule has 0 aliphatic rings. The molecule has 80 valence electrons. The summed E-state index contributed by atoms with van der Waals surface area (Å²) < 4.78 is 0. The van der Waals surface area contributed by atoms with Gasteiger partial charge in [0.1, 0.15) is 0 Å². The van der Waals surface area contributed by atoms with E-state index in [4.69, 9.17) is 10.8 Å². The molecule has 0 unspecified atom stereocenters. The highest BCUT2D eigenvalue weighted by atomic mass is 35.5. The van der Waals surface area contributed by atoms with Crippen molar-refractivity contribution < 1.29 is 5.11 Å². The number of halogens is 1. The summed E-state index contributed by atoms with van der Waals surface area (Å²) in [6.07, 6.45) is 3.16. The van der Waals surface area contributed by atoms with Crippen LogP contribution in [-0.2, 0) is 6.42 Å². The van der Waals surface area contributed by atoms with E-state index >= 15 is 0 Å². The number of hydrogen-bond acceptors (Lipinski definition) is 3. The van der Waals surface area contributed by atoms with Gasteiger partial charge in [0.15, 0.2) is 0 Å². The molecule has 0 radical (unpaired) electrons. The van der Waals surface area contributed by atoms with Crippen LogP contribution in [0.4, 0.5) is 0 Å². The second kappa shape index (κ2) is 6.76. The molecule has 0 saturated heterocycles. The zero-order valence-electron chi connectivity index (χ0n) is 8.31. The van der Waals surface area contributed by atoms with Gasteiger partial charge in [0.05, 0.1) is 0 Å². The minimum atomic E-state index is 0. The van der Waals surface area contributed by atoms with Gasteiger partial charge in [-0.25, -0.2) is 0 Å². The first-order chi connectivity index (χ1) is 6.22. The molecule has 3 nitrogen and oxygen atoms in total. The van der Waals surface area contributed by atoms with E-state index in [1.165, 1.54) is 5.56 Å². The highest BCUT2D eigenvalue weighted by Gasteiger charge is 2.03. The molecular formula is C10H17ClN2O. The third-order valence-corrected chi connectivity index (χ3v) is 1.94. The van der Waals surface area contributed by atoms with E-state index in [-0.39, 0.29) is 25.1 Å². The SMILES string of the molecule is Cc1ccnc(C[C@H](N)CCO)c1.Cl.